The maximum absolute atomic E-state index is 11.3. The molecule has 1 N–H and O–H groups in total. The first kappa shape index (κ1) is 15.1. The van der Waals surface area contributed by atoms with Gasteiger partial charge in [0.05, 0.1) is 26.4 Å². The Balaban J connectivity index is 1.67. The number of rotatable bonds is 1. The Morgan fingerprint density at radius 2 is 1.90 bits per heavy atom. The Morgan fingerprint density at radius 1 is 1.24 bits per heavy atom. The Bertz CT molecular complexity index is 410. The number of ether oxygens (including phenoxy) is 4. The fourth-order valence-corrected chi connectivity index (χ4v) is 3.83. The Kier molecular flexibility index (Phi) is 3.66. The topological polar surface area (TPSA) is 74.2 Å². The monoisotopic (exact) mass is 300 g/mol. The number of hydrogen-bond donors (Lipinski definition) is 1. The van der Waals surface area contributed by atoms with E-state index in [1.807, 2.05) is 0 Å². The Labute approximate surface area is 124 Å². The number of aliphatic hydroxyl groups excluding tert-OH is 1. The third kappa shape index (κ3) is 2.76. The number of hydrogen-bond acceptors (Lipinski definition) is 6. The summed E-state index contributed by atoms with van der Waals surface area (Å²) in [5.74, 6) is -0.237. The second kappa shape index (κ2) is 5.11. The minimum absolute atomic E-state index is 0.0321. The van der Waals surface area contributed by atoms with Gasteiger partial charge in [0.1, 0.15) is 6.10 Å². The molecule has 2 aliphatic carbocycles. The van der Waals surface area contributed by atoms with Crippen molar-refractivity contribution in [3.05, 3.63) is 0 Å². The average molecular weight is 300 g/mol. The van der Waals surface area contributed by atoms with E-state index in [2.05, 4.69) is 18.6 Å². The summed E-state index contributed by atoms with van der Waals surface area (Å²) in [5.41, 5.74) is 0.0321. The minimum Gasteiger partial charge on any atom is -0.438 e. The molecule has 3 fully saturated rings. The third-order valence-corrected chi connectivity index (χ3v) is 4.92. The summed E-state index contributed by atoms with van der Waals surface area (Å²) in [6.07, 6.45) is 0.135. The van der Waals surface area contributed by atoms with E-state index in [1.165, 1.54) is 7.11 Å². The first-order valence-corrected chi connectivity index (χ1v) is 7.55. The van der Waals surface area contributed by atoms with Gasteiger partial charge in [0.25, 0.3) is 0 Å². The van der Waals surface area contributed by atoms with Crippen LogP contribution >= 0.6 is 0 Å². The fourth-order valence-electron chi connectivity index (χ4n) is 3.83. The maximum atomic E-state index is 11.3. The average Bonchev–Trinajstić information content (AvgIpc) is 2.90. The highest BCUT2D eigenvalue weighted by molar-refractivity contribution is 5.60. The fraction of sp³-hybridized carbons (Fsp3) is 0.933. The number of carbonyl (C=O) groups excluding carboxylic acids is 1. The molecule has 120 valence electrons. The van der Waals surface area contributed by atoms with Crippen LogP contribution in [0.4, 0.5) is 4.79 Å². The van der Waals surface area contributed by atoms with Crippen molar-refractivity contribution >= 4 is 6.16 Å². The smallest absolute Gasteiger partial charge is 0.438 e. The highest BCUT2D eigenvalue weighted by Gasteiger charge is 2.58. The Morgan fingerprint density at radius 3 is 2.52 bits per heavy atom. The summed E-state index contributed by atoms with van der Waals surface area (Å²) >= 11 is 0. The minimum atomic E-state index is -0.743. The third-order valence-electron chi connectivity index (χ3n) is 4.92. The van der Waals surface area contributed by atoms with E-state index < -0.39 is 24.2 Å². The molecule has 1 unspecified atom stereocenters. The van der Waals surface area contributed by atoms with E-state index in [1.54, 1.807) is 0 Å². The second-order valence-electron chi connectivity index (χ2n) is 7.32. The van der Waals surface area contributed by atoms with Gasteiger partial charge in [0.2, 0.25) is 0 Å². The SMILES string of the molecule is COC(=O)OC1[C@H](O)C[C@H]2CC3(C[C@@H]12)OCC(C)(C)CO3. The molecule has 0 bridgehead atoms. The van der Waals surface area contributed by atoms with Crippen molar-refractivity contribution in [2.45, 2.75) is 51.1 Å². The van der Waals surface area contributed by atoms with Crippen LogP contribution in [0.25, 0.3) is 0 Å². The summed E-state index contributed by atoms with van der Waals surface area (Å²) in [7, 11) is 1.27. The standard InChI is InChI=1S/C15H24O6/c1-14(2)7-19-15(20-8-14)5-9-4-11(16)12(10(9)6-15)21-13(17)18-3/h9-12,16H,4-8H2,1-3H3/t9-,10+,11+,12?/m0/s1. The molecule has 0 amide bonds. The number of methoxy groups -OCH3 is 1. The molecule has 0 radical (unpaired) electrons. The van der Waals surface area contributed by atoms with E-state index in [0.717, 1.165) is 6.42 Å². The lowest BCUT2D eigenvalue weighted by Gasteiger charge is -2.42. The van der Waals surface area contributed by atoms with E-state index >= 15 is 0 Å². The van der Waals surface area contributed by atoms with E-state index in [-0.39, 0.29) is 17.3 Å². The normalized spacial score (nSPS) is 40.0. The number of carbonyl (C=O) groups is 1. The first-order valence-electron chi connectivity index (χ1n) is 7.55. The maximum Gasteiger partial charge on any atom is 0.508 e. The molecule has 1 spiro atoms. The zero-order valence-corrected chi connectivity index (χ0v) is 12.8. The highest BCUT2D eigenvalue weighted by atomic mass is 16.7. The lowest BCUT2D eigenvalue weighted by Crippen LogP contribution is -2.47. The van der Waals surface area contributed by atoms with Gasteiger partial charge in [-0.1, -0.05) is 13.8 Å². The van der Waals surface area contributed by atoms with E-state index in [4.69, 9.17) is 14.2 Å². The molecule has 21 heavy (non-hydrogen) atoms. The highest BCUT2D eigenvalue weighted by Crippen LogP contribution is 2.53. The van der Waals surface area contributed by atoms with Crippen LogP contribution in [0.3, 0.4) is 0 Å². The van der Waals surface area contributed by atoms with Gasteiger partial charge in [-0.05, 0) is 12.3 Å². The van der Waals surface area contributed by atoms with E-state index in [9.17, 15) is 9.90 Å². The lowest BCUT2D eigenvalue weighted by molar-refractivity contribution is -0.298. The largest absolute Gasteiger partial charge is 0.508 e. The van der Waals surface area contributed by atoms with Crippen molar-refractivity contribution in [3.63, 3.8) is 0 Å². The Hall–Kier alpha value is -0.850. The molecule has 1 aliphatic heterocycles. The predicted molar refractivity (Wildman–Crippen MR) is 72.5 cm³/mol. The zero-order valence-electron chi connectivity index (χ0n) is 12.8. The zero-order chi connectivity index (χ0) is 15.3. The van der Waals surface area contributed by atoms with Crippen LogP contribution in [0.1, 0.15) is 33.1 Å². The quantitative estimate of drug-likeness (QED) is 0.743. The molecule has 1 heterocycles. The van der Waals surface area contributed by atoms with Gasteiger partial charge in [-0.15, -0.1) is 0 Å². The van der Waals surface area contributed by atoms with Gasteiger partial charge in [-0.2, -0.15) is 0 Å². The summed E-state index contributed by atoms with van der Waals surface area (Å²) in [5, 5.41) is 10.1. The van der Waals surface area contributed by atoms with Gasteiger partial charge < -0.3 is 24.1 Å². The number of fused-ring (bicyclic) bond motifs is 1. The first-order chi connectivity index (χ1) is 9.84. The summed E-state index contributed by atoms with van der Waals surface area (Å²) < 4.78 is 21.8. The molecule has 4 atom stereocenters. The molecule has 0 aromatic heterocycles. The van der Waals surface area contributed by atoms with Gasteiger partial charge in [-0.3, -0.25) is 0 Å². The molecule has 0 aromatic rings. The summed E-state index contributed by atoms with van der Waals surface area (Å²) in [6.45, 7) is 5.56. The van der Waals surface area contributed by atoms with Gasteiger partial charge in [0.15, 0.2) is 5.79 Å². The van der Waals surface area contributed by atoms with Gasteiger partial charge in [-0.25, -0.2) is 4.79 Å². The molecular weight excluding hydrogens is 276 g/mol. The van der Waals surface area contributed by atoms with Crippen molar-refractivity contribution in [2.75, 3.05) is 20.3 Å². The predicted octanol–water partition coefficient (Wildman–Crippen LogP) is 1.70. The lowest BCUT2D eigenvalue weighted by atomic mass is 9.94. The van der Waals surface area contributed by atoms with Crippen LogP contribution in [0.5, 0.6) is 0 Å². The van der Waals surface area contributed by atoms with Crippen molar-refractivity contribution in [3.8, 4) is 0 Å². The number of aliphatic hydroxyl groups is 1. The van der Waals surface area contributed by atoms with Crippen LogP contribution in [-0.4, -0.2) is 49.6 Å². The van der Waals surface area contributed by atoms with Crippen LogP contribution < -0.4 is 0 Å². The van der Waals surface area contributed by atoms with Crippen LogP contribution in [0, 0.1) is 17.3 Å². The van der Waals surface area contributed by atoms with Crippen LogP contribution in [0.2, 0.25) is 0 Å². The molecule has 6 heteroatoms. The molecule has 3 rings (SSSR count). The van der Waals surface area contributed by atoms with Crippen molar-refractivity contribution in [1.82, 2.24) is 0 Å². The second-order valence-corrected chi connectivity index (χ2v) is 7.32. The molecular formula is C15H24O6. The van der Waals surface area contributed by atoms with Crippen LogP contribution in [-0.2, 0) is 18.9 Å². The van der Waals surface area contributed by atoms with E-state index in [0.29, 0.717) is 26.1 Å². The van der Waals surface area contributed by atoms with Crippen molar-refractivity contribution in [1.29, 1.82) is 0 Å². The van der Waals surface area contributed by atoms with Crippen molar-refractivity contribution in [2.24, 2.45) is 17.3 Å². The van der Waals surface area contributed by atoms with Gasteiger partial charge >= 0.3 is 6.16 Å². The molecule has 3 aliphatic rings. The molecule has 6 nitrogen and oxygen atoms in total. The molecule has 2 saturated carbocycles. The molecule has 1 saturated heterocycles. The van der Waals surface area contributed by atoms with Gasteiger partial charge in [0, 0.05) is 24.2 Å². The van der Waals surface area contributed by atoms with Crippen molar-refractivity contribution < 1.29 is 28.8 Å². The summed E-state index contributed by atoms with van der Waals surface area (Å²) in [6, 6.07) is 0. The summed E-state index contributed by atoms with van der Waals surface area (Å²) in [4.78, 5) is 11.3. The van der Waals surface area contributed by atoms with Crippen LogP contribution in [0.15, 0.2) is 0 Å². The molecule has 0 aromatic carbocycles.